The molecule has 0 aliphatic carbocycles. The molecule has 0 saturated carbocycles. The highest BCUT2D eigenvalue weighted by Crippen LogP contribution is 2.16. The number of nitrogens with zero attached hydrogens (tertiary/aromatic N) is 1. The van der Waals surface area contributed by atoms with Gasteiger partial charge < -0.3 is 20.1 Å². The molecule has 1 aromatic carbocycles. The Morgan fingerprint density at radius 2 is 2.27 bits per heavy atom. The lowest BCUT2D eigenvalue weighted by molar-refractivity contribution is -0.121. The summed E-state index contributed by atoms with van der Waals surface area (Å²) in [4.78, 5) is 11.5. The predicted octanol–water partition coefficient (Wildman–Crippen LogP) is 0.899. The van der Waals surface area contributed by atoms with Crippen LogP contribution in [0.25, 0.3) is 6.08 Å². The van der Waals surface area contributed by atoms with Crippen molar-refractivity contribution in [2.75, 3.05) is 6.61 Å². The van der Waals surface area contributed by atoms with Gasteiger partial charge in [-0.3, -0.25) is 4.79 Å². The maximum atomic E-state index is 11.5. The number of nitrogens with one attached hydrogen (secondary N) is 1. The van der Waals surface area contributed by atoms with Gasteiger partial charge in [0, 0.05) is 5.57 Å². The molecule has 0 saturated heterocycles. The summed E-state index contributed by atoms with van der Waals surface area (Å²) in [6.45, 7) is 3.38. The smallest absolute Gasteiger partial charge is 0.475 e. The Morgan fingerprint density at radius 3 is 2.91 bits per heavy atom. The number of allylic oxidation sites excluding steroid dienone is 1. The van der Waals surface area contributed by atoms with E-state index in [0.29, 0.717) is 11.3 Å². The van der Waals surface area contributed by atoms with Gasteiger partial charge in [-0.1, -0.05) is 12.1 Å². The first-order valence-electron chi connectivity index (χ1n) is 6.89. The molecule has 0 heterocycles. The van der Waals surface area contributed by atoms with Gasteiger partial charge >= 0.3 is 7.12 Å². The molecule has 0 aliphatic heterocycles. The average molecular weight is 302 g/mol. The Morgan fingerprint density at radius 1 is 1.55 bits per heavy atom. The number of rotatable bonds is 7. The van der Waals surface area contributed by atoms with E-state index in [0.717, 1.165) is 5.56 Å². The average Bonchev–Trinajstić information content (AvgIpc) is 2.47. The molecule has 6 nitrogen and oxygen atoms in total. The van der Waals surface area contributed by atoms with E-state index in [2.05, 4.69) is 5.32 Å². The van der Waals surface area contributed by atoms with Crippen molar-refractivity contribution in [3.8, 4) is 11.8 Å². The van der Waals surface area contributed by atoms with Crippen molar-refractivity contribution in [1.29, 1.82) is 5.26 Å². The number of hydrogen-bond donors (Lipinski definition) is 3. The summed E-state index contributed by atoms with van der Waals surface area (Å²) < 4.78 is 5.48. The van der Waals surface area contributed by atoms with Crippen LogP contribution in [-0.4, -0.2) is 35.6 Å². The van der Waals surface area contributed by atoms with Gasteiger partial charge in [0.1, 0.15) is 5.75 Å². The minimum Gasteiger partial charge on any atom is -0.493 e. The quantitative estimate of drug-likeness (QED) is 0.513. The lowest BCUT2D eigenvalue weighted by Crippen LogP contribution is -2.44. The first-order chi connectivity index (χ1) is 10.4. The Labute approximate surface area is 130 Å². The molecule has 0 aromatic heterocycles. The minimum absolute atomic E-state index is 0.106. The number of carbonyl (C=O) groups is 1. The fourth-order valence-electron chi connectivity index (χ4n) is 1.64. The zero-order valence-electron chi connectivity index (χ0n) is 12.6. The number of ether oxygens (including phenoxy) is 1. The second-order valence-corrected chi connectivity index (χ2v) is 4.88. The van der Waals surface area contributed by atoms with E-state index in [4.69, 9.17) is 20.0 Å². The third-order valence-corrected chi connectivity index (χ3v) is 2.85. The second-order valence-electron chi connectivity index (χ2n) is 4.88. The molecular weight excluding hydrogens is 283 g/mol. The molecule has 116 valence electrons. The summed E-state index contributed by atoms with van der Waals surface area (Å²) >= 11 is 0. The fraction of sp³-hybridized carbons (Fsp3) is 0.333. The molecule has 3 N–H and O–H groups in total. The highest BCUT2D eigenvalue weighted by atomic mass is 16.5. The number of nitriles is 1. The molecule has 0 aliphatic rings. The molecule has 1 unspecified atom stereocenters. The van der Waals surface area contributed by atoms with Crippen LogP contribution in [0.1, 0.15) is 25.8 Å². The van der Waals surface area contributed by atoms with Crippen LogP contribution in [0.2, 0.25) is 0 Å². The zero-order valence-corrected chi connectivity index (χ0v) is 12.6. The van der Waals surface area contributed by atoms with E-state index in [-0.39, 0.29) is 18.9 Å². The van der Waals surface area contributed by atoms with Gasteiger partial charge in [0.25, 0.3) is 0 Å². The monoisotopic (exact) mass is 302 g/mol. The molecule has 1 aromatic rings. The van der Waals surface area contributed by atoms with E-state index >= 15 is 0 Å². The van der Waals surface area contributed by atoms with Gasteiger partial charge in [-0.2, -0.15) is 5.26 Å². The molecule has 0 radical (unpaired) electrons. The van der Waals surface area contributed by atoms with E-state index in [1.807, 2.05) is 12.1 Å². The molecule has 0 spiro atoms. The molecule has 1 rings (SSSR count). The van der Waals surface area contributed by atoms with Gasteiger partial charge in [0.2, 0.25) is 5.91 Å². The van der Waals surface area contributed by atoms with Gasteiger partial charge in [-0.15, -0.1) is 0 Å². The molecule has 1 amide bonds. The van der Waals surface area contributed by atoms with Crippen LogP contribution in [0, 0.1) is 11.3 Å². The number of carbonyl (C=O) groups excluding carboxylic acids is 1. The van der Waals surface area contributed by atoms with Crippen LogP contribution in [0.5, 0.6) is 5.75 Å². The van der Waals surface area contributed by atoms with Crippen molar-refractivity contribution in [1.82, 2.24) is 5.32 Å². The largest absolute Gasteiger partial charge is 0.493 e. The van der Waals surface area contributed by atoms with Crippen LogP contribution in [0.3, 0.4) is 0 Å². The molecule has 7 heteroatoms. The van der Waals surface area contributed by atoms with E-state index in [1.165, 1.54) is 6.92 Å². The number of benzene rings is 1. The second kappa shape index (κ2) is 8.87. The Bertz CT molecular complexity index is 581. The Hall–Kier alpha value is -2.30. The van der Waals surface area contributed by atoms with Crippen molar-refractivity contribution in [3.05, 3.63) is 35.4 Å². The van der Waals surface area contributed by atoms with Crippen molar-refractivity contribution < 1.29 is 19.6 Å². The summed E-state index contributed by atoms with van der Waals surface area (Å²) in [5, 5.41) is 28.9. The van der Waals surface area contributed by atoms with Gasteiger partial charge in [0.05, 0.1) is 25.0 Å². The molecule has 1 atom stereocenters. The van der Waals surface area contributed by atoms with Crippen molar-refractivity contribution in [3.63, 3.8) is 0 Å². The topological polar surface area (TPSA) is 103 Å². The fourth-order valence-corrected chi connectivity index (χ4v) is 1.64. The van der Waals surface area contributed by atoms with E-state index in [9.17, 15) is 4.79 Å². The first kappa shape index (κ1) is 17.8. The number of hydrogen-bond acceptors (Lipinski definition) is 5. The SMILES string of the molecule is CC(C#N)=Cc1cccc(OCCC(=O)NC(C)B(O)O)c1. The van der Waals surface area contributed by atoms with Crippen molar-refractivity contribution in [2.45, 2.75) is 26.2 Å². The molecular formula is C15H19BN2O4. The summed E-state index contributed by atoms with van der Waals surface area (Å²) in [6.07, 6.45) is 1.85. The maximum absolute atomic E-state index is 11.5. The Kier molecular flexibility index (Phi) is 7.16. The van der Waals surface area contributed by atoms with E-state index < -0.39 is 13.1 Å². The first-order valence-corrected chi connectivity index (χ1v) is 6.89. The third kappa shape index (κ3) is 6.44. The lowest BCUT2D eigenvalue weighted by Gasteiger charge is -2.12. The van der Waals surface area contributed by atoms with Gasteiger partial charge in [0.15, 0.2) is 0 Å². The summed E-state index contributed by atoms with van der Waals surface area (Å²) in [6, 6.07) is 9.24. The molecule has 22 heavy (non-hydrogen) atoms. The third-order valence-electron chi connectivity index (χ3n) is 2.85. The highest BCUT2D eigenvalue weighted by Gasteiger charge is 2.19. The number of amides is 1. The minimum atomic E-state index is -1.59. The van der Waals surface area contributed by atoms with Crippen LogP contribution < -0.4 is 10.1 Å². The van der Waals surface area contributed by atoms with E-state index in [1.54, 1.807) is 31.2 Å². The lowest BCUT2D eigenvalue weighted by atomic mass is 9.81. The molecule has 0 bridgehead atoms. The standard InChI is InChI=1S/C15H19BN2O4/c1-11(10-17)8-13-4-3-5-14(9-13)22-7-6-15(19)18-12(2)16(20)21/h3-5,8-9,12,20-21H,6-7H2,1-2H3,(H,18,19). The van der Waals surface area contributed by atoms with Crippen molar-refractivity contribution >= 4 is 19.1 Å². The van der Waals surface area contributed by atoms with Gasteiger partial charge in [-0.05, 0) is 37.6 Å². The highest BCUT2D eigenvalue weighted by molar-refractivity contribution is 6.43. The molecule has 0 fully saturated rings. The normalized spacial score (nSPS) is 12.2. The maximum Gasteiger partial charge on any atom is 0.475 e. The van der Waals surface area contributed by atoms with Crippen LogP contribution in [-0.2, 0) is 4.79 Å². The van der Waals surface area contributed by atoms with Crippen molar-refractivity contribution in [2.24, 2.45) is 0 Å². The van der Waals surface area contributed by atoms with Gasteiger partial charge in [-0.25, -0.2) is 0 Å². The van der Waals surface area contributed by atoms with Crippen LogP contribution in [0.15, 0.2) is 29.8 Å². The summed E-state index contributed by atoms with van der Waals surface area (Å²) in [5.41, 5.74) is 1.44. The zero-order chi connectivity index (χ0) is 16.5. The summed E-state index contributed by atoms with van der Waals surface area (Å²) in [7, 11) is -1.59. The predicted molar refractivity (Wildman–Crippen MR) is 83.6 cm³/mol. The Balaban J connectivity index is 2.47. The van der Waals surface area contributed by atoms with Crippen LogP contribution >= 0.6 is 0 Å². The van der Waals surface area contributed by atoms with Crippen LogP contribution in [0.4, 0.5) is 0 Å². The summed E-state index contributed by atoms with van der Waals surface area (Å²) in [5.74, 6) is -0.450.